The number of hydrogen-bond donors (Lipinski definition) is 0. The van der Waals surface area contributed by atoms with Gasteiger partial charge in [-0.05, 0) is 25.0 Å². The van der Waals surface area contributed by atoms with Gasteiger partial charge in [-0.3, -0.25) is 9.59 Å². The SMILES string of the molecule is CCC1=CC(=O)C=C(CC)C1=O. The van der Waals surface area contributed by atoms with Crippen LogP contribution in [-0.4, -0.2) is 11.6 Å². The van der Waals surface area contributed by atoms with Gasteiger partial charge in [0, 0.05) is 11.1 Å². The molecule has 0 aromatic heterocycles. The van der Waals surface area contributed by atoms with Crippen LogP contribution in [0.5, 0.6) is 0 Å². The Hall–Kier alpha value is -1.18. The van der Waals surface area contributed by atoms with E-state index in [0.29, 0.717) is 24.0 Å². The van der Waals surface area contributed by atoms with E-state index in [4.69, 9.17) is 0 Å². The zero-order valence-electron chi connectivity index (χ0n) is 7.39. The van der Waals surface area contributed by atoms with Crippen LogP contribution < -0.4 is 0 Å². The standard InChI is InChI=1S/C10H12O2/c1-3-7-5-9(11)6-8(4-2)10(7)12/h5-6H,3-4H2,1-2H3. The summed E-state index contributed by atoms with van der Waals surface area (Å²) in [6, 6.07) is 0. The summed E-state index contributed by atoms with van der Waals surface area (Å²) in [4.78, 5) is 22.5. The minimum Gasteiger partial charge on any atom is -0.290 e. The molecule has 0 N–H and O–H groups in total. The molecular weight excluding hydrogens is 152 g/mol. The van der Waals surface area contributed by atoms with Crippen LogP contribution in [0.2, 0.25) is 0 Å². The maximum Gasteiger partial charge on any atom is 0.185 e. The molecule has 0 aromatic rings. The molecule has 0 spiro atoms. The van der Waals surface area contributed by atoms with Crippen molar-refractivity contribution in [2.75, 3.05) is 0 Å². The molecular formula is C10H12O2. The van der Waals surface area contributed by atoms with Crippen LogP contribution in [0, 0.1) is 0 Å². The van der Waals surface area contributed by atoms with Gasteiger partial charge >= 0.3 is 0 Å². The summed E-state index contributed by atoms with van der Waals surface area (Å²) < 4.78 is 0. The van der Waals surface area contributed by atoms with E-state index in [0.717, 1.165) is 0 Å². The number of carbonyl (C=O) groups excluding carboxylic acids is 2. The second kappa shape index (κ2) is 3.48. The smallest absolute Gasteiger partial charge is 0.185 e. The molecule has 0 aromatic carbocycles. The third-order valence-corrected chi connectivity index (χ3v) is 1.98. The second-order valence-electron chi connectivity index (χ2n) is 2.78. The van der Waals surface area contributed by atoms with Gasteiger partial charge in [0.25, 0.3) is 0 Å². The van der Waals surface area contributed by atoms with Gasteiger partial charge in [0.15, 0.2) is 11.6 Å². The predicted octanol–water partition coefficient (Wildman–Crippen LogP) is 1.81. The fourth-order valence-corrected chi connectivity index (χ4v) is 1.25. The van der Waals surface area contributed by atoms with Gasteiger partial charge in [0.1, 0.15) is 0 Å². The molecule has 2 nitrogen and oxygen atoms in total. The number of allylic oxidation sites excluding steroid dienone is 4. The lowest BCUT2D eigenvalue weighted by Crippen LogP contribution is -2.13. The molecule has 0 saturated heterocycles. The number of carbonyl (C=O) groups is 2. The molecule has 0 unspecified atom stereocenters. The second-order valence-corrected chi connectivity index (χ2v) is 2.78. The zero-order valence-corrected chi connectivity index (χ0v) is 7.39. The third-order valence-electron chi connectivity index (χ3n) is 1.98. The van der Waals surface area contributed by atoms with Crippen LogP contribution in [0.15, 0.2) is 23.3 Å². The summed E-state index contributed by atoms with van der Waals surface area (Å²) >= 11 is 0. The molecule has 0 amide bonds. The summed E-state index contributed by atoms with van der Waals surface area (Å²) in [6.45, 7) is 3.77. The van der Waals surface area contributed by atoms with E-state index < -0.39 is 0 Å². The topological polar surface area (TPSA) is 34.1 Å². The number of hydrogen-bond acceptors (Lipinski definition) is 2. The molecule has 0 bridgehead atoms. The van der Waals surface area contributed by atoms with Crippen molar-refractivity contribution in [1.29, 1.82) is 0 Å². The Morgan fingerprint density at radius 3 is 1.75 bits per heavy atom. The summed E-state index contributed by atoms with van der Waals surface area (Å²) in [5.74, 6) is -0.0112. The van der Waals surface area contributed by atoms with E-state index >= 15 is 0 Å². The van der Waals surface area contributed by atoms with Crippen LogP contribution in [0.3, 0.4) is 0 Å². The normalized spacial score (nSPS) is 17.5. The summed E-state index contributed by atoms with van der Waals surface area (Å²) in [6.07, 6.45) is 4.15. The average Bonchev–Trinajstić information content (AvgIpc) is 2.08. The van der Waals surface area contributed by atoms with Crippen LogP contribution in [0.25, 0.3) is 0 Å². The van der Waals surface area contributed by atoms with Gasteiger partial charge in [0.05, 0.1) is 0 Å². The summed E-state index contributed by atoms with van der Waals surface area (Å²) in [5.41, 5.74) is 1.28. The van der Waals surface area contributed by atoms with Gasteiger partial charge < -0.3 is 0 Å². The molecule has 0 saturated carbocycles. The van der Waals surface area contributed by atoms with Crippen LogP contribution >= 0.6 is 0 Å². The van der Waals surface area contributed by atoms with E-state index in [-0.39, 0.29) is 11.6 Å². The highest BCUT2D eigenvalue weighted by molar-refractivity contribution is 6.20. The quantitative estimate of drug-likeness (QED) is 0.583. The first-order valence-corrected chi connectivity index (χ1v) is 4.18. The Morgan fingerprint density at radius 1 is 1.00 bits per heavy atom. The first-order chi connectivity index (χ1) is 5.69. The molecule has 1 aliphatic rings. The average molecular weight is 164 g/mol. The van der Waals surface area contributed by atoms with Crippen molar-refractivity contribution in [2.24, 2.45) is 0 Å². The minimum atomic E-state index is -0.0525. The highest BCUT2D eigenvalue weighted by atomic mass is 16.1. The van der Waals surface area contributed by atoms with E-state index in [2.05, 4.69) is 0 Å². The van der Waals surface area contributed by atoms with Crippen molar-refractivity contribution in [3.8, 4) is 0 Å². The van der Waals surface area contributed by atoms with Crippen molar-refractivity contribution in [1.82, 2.24) is 0 Å². The van der Waals surface area contributed by atoms with E-state index in [1.54, 1.807) is 0 Å². The first-order valence-electron chi connectivity index (χ1n) is 4.18. The molecule has 0 aliphatic heterocycles. The Balaban J connectivity index is 2.98. The Kier molecular flexibility index (Phi) is 2.58. The highest BCUT2D eigenvalue weighted by Crippen LogP contribution is 2.17. The van der Waals surface area contributed by atoms with E-state index in [1.165, 1.54) is 12.2 Å². The Labute approximate surface area is 72.0 Å². The summed E-state index contributed by atoms with van der Waals surface area (Å²) in [5, 5.41) is 0. The van der Waals surface area contributed by atoms with Gasteiger partial charge in [-0.15, -0.1) is 0 Å². The monoisotopic (exact) mass is 164 g/mol. The first kappa shape index (κ1) is 8.91. The molecule has 2 heteroatoms. The molecule has 1 aliphatic carbocycles. The molecule has 0 heterocycles. The minimum absolute atomic E-state index is 0.0413. The summed E-state index contributed by atoms with van der Waals surface area (Å²) in [7, 11) is 0. The molecule has 1 rings (SSSR count). The lowest BCUT2D eigenvalue weighted by Gasteiger charge is -2.09. The lowest BCUT2D eigenvalue weighted by molar-refractivity contribution is -0.115. The number of Topliss-reactive ketones (excluding diaryl/α,β-unsaturated/α-hetero) is 1. The maximum atomic E-state index is 11.4. The van der Waals surface area contributed by atoms with Crippen LogP contribution in [0.4, 0.5) is 0 Å². The van der Waals surface area contributed by atoms with Gasteiger partial charge in [-0.25, -0.2) is 0 Å². The largest absolute Gasteiger partial charge is 0.290 e. The molecule has 12 heavy (non-hydrogen) atoms. The molecule has 0 atom stereocenters. The third kappa shape index (κ3) is 1.52. The fraction of sp³-hybridized carbons (Fsp3) is 0.400. The Bertz CT molecular complexity index is 256. The van der Waals surface area contributed by atoms with E-state index in [1.807, 2.05) is 13.8 Å². The van der Waals surface area contributed by atoms with Gasteiger partial charge in [-0.2, -0.15) is 0 Å². The fourth-order valence-electron chi connectivity index (χ4n) is 1.25. The molecule has 64 valence electrons. The van der Waals surface area contributed by atoms with Crippen molar-refractivity contribution in [2.45, 2.75) is 26.7 Å². The van der Waals surface area contributed by atoms with Gasteiger partial charge in [0.2, 0.25) is 0 Å². The van der Waals surface area contributed by atoms with Crippen LogP contribution in [0.1, 0.15) is 26.7 Å². The van der Waals surface area contributed by atoms with Crippen LogP contribution in [-0.2, 0) is 9.59 Å². The Morgan fingerprint density at radius 2 is 1.42 bits per heavy atom. The van der Waals surface area contributed by atoms with Crippen molar-refractivity contribution >= 4 is 11.6 Å². The van der Waals surface area contributed by atoms with Gasteiger partial charge in [-0.1, -0.05) is 13.8 Å². The number of ketones is 2. The highest BCUT2D eigenvalue weighted by Gasteiger charge is 2.18. The van der Waals surface area contributed by atoms with E-state index in [9.17, 15) is 9.59 Å². The van der Waals surface area contributed by atoms with Crippen molar-refractivity contribution < 1.29 is 9.59 Å². The molecule has 0 fully saturated rings. The van der Waals surface area contributed by atoms with Crippen molar-refractivity contribution in [3.63, 3.8) is 0 Å². The predicted molar refractivity (Wildman–Crippen MR) is 46.8 cm³/mol. The lowest BCUT2D eigenvalue weighted by atomic mass is 9.93. The molecule has 0 radical (unpaired) electrons. The zero-order chi connectivity index (χ0) is 9.14. The van der Waals surface area contributed by atoms with Crippen molar-refractivity contribution in [3.05, 3.63) is 23.3 Å². The maximum absolute atomic E-state index is 11.4. The number of rotatable bonds is 2.